The molecule has 0 aliphatic carbocycles. The van der Waals surface area contributed by atoms with E-state index in [1.165, 1.54) is 5.56 Å². The van der Waals surface area contributed by atoms with Crippen LogP contribution in [-0.4, -0.2) is 15.6 Å². The standard InChI is InChI=1S/C15H18N2O/c1-5-12-9-14(17(4)16-12)15(18)13-7-6-10(2)8-11(13)3/h6-9H,5H2,1-4H3. The first-order chi connectivity index (χ1) is 8.52. The Bertz CT molecular complexity index is 597. The number of hydrogen-bond donors (Lipinski definition) is 0. The maximum absolute atomic E-state index is 12.5. The average molecular weight is 242 g/mol. The molecule has 18 heavy (non-hydrogen) atoms. The summed E-state index contributed by atoms with van der Waals surface area (Å²) in [6, 6.07) is 7.77. The van der Waals surface area contributed by atoms with Crippen molar-refractivity contribution in [2.24, 2.45) is 7.05 Å². The maximum Gasteiger partial charge on any atom is 0.211 e. The lowest BCUT2D eigenvalue weighted by atomic mass is 10.0. The molecule has 0 fully saturated rings. The maximum atomic E-state index is 12.5. The predicted octanol–water partition coefficient (Wildman–Crippen LogP) is 2.83. The SMILES string of the molecule is CCc1cc(C(=O)c2ccc(C)cc2C)n(C)n1. The summed E-state index contributed by atoms with van der Waals surface area (Å²) in [5.41, 5.74) is 4.54. The number of benzene rings is 1. The fraction of sp³-hybridized carbons (Fsp3) is 0.333. The van der Waals surface area contributed by atoms with E-state index in [0.717, 1.165) is 23.2 Å². The Morgan fingerprint density at radius 3 is 2.56 bits per heavy atom. The third kappa shape index (κ3) is 2.21. The second-order valence-corrected chi connectivity index (χ2v) is 4.65. The summed E-state index contributed by atoms with van der Waals surface area (Å²) in [7, 11) is 1.82. The molecule has 0 bridgehead atoms. The third-order valence-corrected chi connectivity index (χ3v) is 3.15. The first-order valence-electron chi connectivity index (χ1n) is 6.17. The first kappa shape index (κ1) is 12.6. The summed E-state index contributed by atoms with van der Waals surface area (Å²) in [6.07, 6.45) is 0.841. The second kappa shape index (κ2) is 4.77. The van der Waals surface area contributed by atoms with Crippen molar-refractivity contribution in [3.05, 3.63) is 52.3 Å². The molecule has 0 spiro atoms. The number of hydrogen-bond acceptors (Lipinski definition) is 2. The van der Waals surface area contributed by atoms with Crippen molar-refractivity contribution in [2.45, 2.75) is 27.2 Å². The van der Waals surface area contributed by atoms with E-state index in [4.69, 9.17) is 0 Å². The lowest BCUT2D eigenvalue weighted by Crippen LogP contribution is -2.09. The first-order valence-corrected chi connectivity index (χ1v) is 6.17. The highest BCUT2D eigenvalue weighted by molar-refractivity contribution is 6.08. The van der Waals surface area contributed by atoms with Crippen molar-refractivity contribution in [1.82, 2.24) is 9.78 Å². The average Bonchev–Trinajstić information content (AvgIpc) is 2.70. The minimum absolute atomic E-state index is 0.0437. The van der Waals surface area contributed by atoms with Gasteiger partial charge in [0.25, 0.3) is 0 Å². The van der Waals surface area contributed by atoms with Gasteiger partial charge in [-0.1, -0.05) is 30.7 Å². The molecule has 2 rings (SSSR count). The smallest absolute Gasteiger partial charge is 0.211 e. The zero-order chi connectivity index (χ0) is 13.3. The normalized spacial score (nSPS) is 10.7. The molecule has 0 aliphatic heterocycles. The molecule has 0 unspecified atom stereocenters. The highest BCUT2D eigenvalue weighted by Crippen LogP contribution is 2.16. The number of rotatable bonds is 3. The van der Waals surface area contributed by atoms with Crippen LogP contribution in [0.3, 0.4) is 0 Å². The molecule has 2 aromatic rings. The molecule has 0 aliphatic rings. The quantitative estimate of drug-likeness (QED) is 0.776. The van der Waals surface area contributed by atoms with E-state index in [0.29, 0.717) is 5.69 Å². The predicted molar refractivity (Wildman–Crippen MR) is 71.9 cm³/mol. The summed E-state index contributed by atoms with van der Waals surface area (Å²) < 4.78 is 1.67. The van der Waals surface area contributed by atoms with Crippen LogP contribution in [0.1, 0.15) is 39.8 Å². The molecular formula is C15H18N2O. The largest absolute Gasteiger partial charge is 0.287 e. The van der Waals surface area contributed by atoms with Crippen molar-refractivity contribution in [3.63, 3.8) is 0 Å². The Morgan fingerprint density at radius 2 is 2.00 bits per heavy atom. The fourth-order valence-corrected chi connectivity index (χ4v) is 2.12. The van der Waals surface area contributed by atoms with E-state index in [1.807, 2.05) is 52.1 Å². The Balaban J connectivity index is 2.44. The number of aryl methyl sites for hydroxylation is 4. The van der Waals surface area contributed by atoms with Gasteiger partial charge in [0.15, 0.2) is 0 Å². The lowest BCUT2D eigenvalue weighted by molar-refractivity contribution is 0.102. The van der Waals surface area contributed by atoms with E-state index in [1.54, 1.807) is 4.68 Å². The summed E-state index contributed by atoms with van der Waals surface area (Å²) in [4.78, 5) is 12.5. The molecule has 0 saturated heterocycles. The van der Waals surface area contributed by atoms with Gasteiger partial charge in [-0.05, 0) is 31.9 Å². The van der Waals surface area contributed by atoms with Crippen molar-refractivity contribution in [1.29, 1.82) is 0 Å². The fourth-order valence-electron chi connectivity index (χ4n) is 2.12. The van der Waals surface area contributed by atoms with Crippen LogP contribution in [0.15, 0.2) is 24.3 Å². The molecule has 0 saturated carbocycles. The van der Waals surface area contributed by atoms with E-state index in [9.17, 15) is 4.79 Å². The zero-order valence-electron chi connectivity index (χ0n) is 11.3. The molecule has 0 amide bonds. The Hall–Kier alpha value is -1.90. The topological polar surface area (TPSA) is 34.9 Å². The second-order valence-electron chi connectivity index (χ2n) is 4.65. The third-order valence-electron chi connectivity index (χ3n) is 3.15. The molecule has 3 heteroatoms. The molecule has 1 heterocycles. The molecular weight excluding hydrogens is 224 g/mol. The van der Waals surface area contributed by atoms with Gasteiger partial charge in [0.05, 0.1) is 5.69 Å². The van der Waals surface area contributed by atoms with Gasteiger partial charge in [0.2, 0.25) is 5.78 Å². The summed E-state index contributed by atoms with van der Waals surface area (Å²) in [6.45, 7) is 6.03. The molecule has 1 aromatic heterocycles. The summed E-state index contributed by atoms with van der Waals surface area (Å²) in [5, 5.41) is 4.32. The number of carbonyl (C=O) groups is 1. The van der Waals surface area contributed by atoms with Crippen LogP contribution in [0.25, 0.3) is 0 Å². The van der Waals surface area contributed by atoms with Crippen LogP contribution >= 0.6 is 0 Å². The molecule has 0 atom stereocenters. The Labute approximate surface area is 107 Å². The van der Waals surface area contributed by atoms with E-state index in [2.05, 4.69) is 5.10 Å². The highest BCUT2D eigenvalue weighted by atomic mass is 16.1. The molecule has 94 valence electrons. The molecule has 0 N–H and O–H groups in total. The van der Waals surface area contributed by atoms with Gasteiger partial charge in [-0.15, -0.1) is 0 Å². The van der Waals surface area contributed by atoms with Crippen LogP contribution in [0.5, 0.6) is 0 Å². The van der Waals surface area contributed by atoms with Gasteiger partial charge < -0.3 is 0 Å². The van der Waals surface area contributed by atoms with Crippen molar-refractivity contribution in [2.75, 3.05) is 0 Å². The van der Waals surface area contributed by atoms with Gasteiger partial charge in [-0.25, -0.2) is 0 Å². The van der Waals surface area contributed by atoms with Gasteiger partial charge in [0, 0.05) is 12.6 Å². The van der Waals surface area contributed by atoms with Gasteiger partial charge in [-0.3, -0.25) is 9.48 Å². The van der Waals surface area contributed by atoms with Crippen LogP contribution in [0, 0.1) is 13.8 Å². The van der Waals surface area contributed by atoms with Crippen LogP contribution in [0.2, 0.25) is 0 Å². The Kier molecular flexibility index (Phi) is 3.32. The minimum Gasteiger partial charge on any atom is -0.287 e. The van der Waals surface area contributed by atoms with E-state index < -0.39 is 0 Å². The Morgan fingerprint density at radius 1 is 1.28 bits per heavy atom. The molecule has 1 aromatic carbocycles. The monoisotopic (exact) mass is 242 g/mol. The van der Waals surface area contributed by atoms with Crippen molar-refractivity contribution in [3.8, 4) is 0 Å². The minimum atomic E-state index is 0.0437. The van der Waals surface area contributed by atoms with Gasteiger partial charge in [0.1, 0.15) is 5.69 Å². The van der Waals surface area contributed by atoms with Crippen LogP contribution in [0.4, 0.5) is 0 Å². The number of ketones is 1. The zero-order valence-corrected chi connectivity index (χ0v) is 11.3. The number of aromatic nitrogens is 2. The highest BCUT2D eigenvalue weighted by Gasteiger charge is 2.16. The van der Waals surface area contributed by atoms with Gasteiger partial charge >= 0.3 is 0 Å². The van der Waals surface area contributed by atoms with Crippen LogP contribution < -0.4 is 0 Å². The summed E-state index contributed by atoms with van der Waals surface area (Å²) in [5.74, 6) is 0.0437. The molecule has 3 nitrogen and oxygen atoms in total. The van der Waals surface area contributed by atoms with E-state index in [-0.39, 0.29) is 5.78 Å². The van der Waals surface area contributed by atoms with Crippen molar-refractivity contribution >= 4 is 5.78 Å². The lowest BCUT2D eigenvalue weighted by Gasteiger charge is -2.06. The van der Waals surface area contributed by atoms with E-state index >= 15 is 0 Å². The van der Waals surface area contributed by atoms with Gasteiger partial charge in [-0.2, -0.15) is 5.10 Å². The van der Waals surface area contributed by atoms with Crippen molar-refractivity contribution < 1.29 is 4.79 Å². The summed E-state index contributed by atoms with van der Waals surface area (Å²) >= 11 is 0. The number of carbonyl (C=O) groups excluding carboxylic acids is 1. The molecule has 0 radical (unpaired) electrons. The number of nitrogens with zero attached hydrogens (tertiary/aromatic N) is 2. The van der Waals surface area contributed by atoms with Crippen LogP contribution in [-0.2, 0) is 13.5 Å².